The van der Waals surface area contributed by atoms with Gasteiger partial charge in [0, 0.05) is 12.5 Å². The third-order valence-corrected chi connectivity index (χ3v) is 4.00. The summed E-state index contributed by atoms with van der Waals surface area (Å²) in [5.74, 6) is -2.57. The van der Waals surface area contributed by atoms with E-state index in [1.54, 1.807) is 13.0 Å². The zero-order chi connectivity index (χ0) is 17.5. The average Bonchev–Trinajstić information content (AvgIpc) is 2.59. The van der Waals surface area contributed by atoms with Crippen LogP contribution in [0.25, 0.3) is 0 Å². The first-order valence-electron chi connectivity index (χ1n) is 8.05. The Labute approximate surface area is 139 Å². The quantitative estimate of drug-likeness (QED) is 0.793. The van der Waals surface area contributed by atoms with Crippen LogP contribution in [0.4, 0.5) is 4.39 Å². The molecule has 0 spiro atoms. The maximum absolute atomic E-state index is 13.7. The minimum atomic E-state index is -1.11. The van der Waals surface area contributed by atoms with Gasteiger partial charge in [0.15, 0.2) is 17.7 Å². The lowest BCUT2D eigenvalue weighted by atomic mass is 9.93. The van der Waals surface area contributed by atoms with Gasteiger partial charge in [-0.05, 0) is 31.4 Å². The molecule has 0 aromatic heterocycles. The van der Waals surface area contributed by atoms with Crippen molar-refractivity contribution in [2.75, 3.05) is 13.2 Å². The number of aliphatic carboxylic acids is 1. The molecule has 0 bridgehead atoms. The van der Waals surface area contributed by atoms with Crippen LogP contribution in [0.1, 0.15) is 26.2 Å². The zero-order valence-electron chi connectivity index (χ0n) is 13.5. The summed E-state index contributed by atoms with van der Waals surface area (Å²) in [6.07, 6.45) is 0.747. The van der Waals surface area contributed by atoms with Gasteiger partial charge in [0.05, 0.1) is 6.61 Å². The summed E-state index contributed by atoms with van der Waals surface area (Å²) in [6.45, 7) is 2.61. The minimum Gasteiger partial charge on any atom is -0.480 e. The maximum Gasteiger partial charge on any atom is 0.326 e. The molecule has 132 valence electrons. The van der Waals surface area contributed by atoms with E-state index in [2.05, 4.69) is 5.32 Å². The Bertz CT molecular complexity index is 574. The Balaban J connectivity index is 2.03. The fourth-order valence-electron chi connectivity index (χ4n) is 2.67. The van der Waals surface area contributed by atoms with Crippen molar-refractivity contribution in [2.24, 2.45) is 5.92 Å². The highest BCUT2D eigenvalue weighted by Crippen LogP contribution is 2.20. The molecule has 7 heteroatoms. The standard InChI is InChI=1S/C17H22FNO5/c1-2-13(24-14-8-4-3-7-12(14)18)16(20)19-15(17(21)22)11-6-5-9-23-10-11/h3-4,7-8,11,13,15H,2,5-6,9-10H2,1H3,(H,19,20)(H,21,22). The van der Waals surface area contributed by atoms with E-state index in [9.17, 15) is 19.1 Å². The third kappa shape index (κ3) is 4.67. The number of carbonyl (C=O) groups is 2. The van der Waals surface area contributed by atoms with Gasteiger partial charge in [0.2, 0.25) is 0 Å². The highest BCUT2D eigenvalue weighted by atomic mass is 19.1. The second-order valence-corrected chi connectivity index (χ2v) is 5.75. The number of hydrogen-bond donors (Lipinski definition) is 2. The first kappa shape index (κ1) is 18.2. The van der Waals surface area contributed by atoms with E-state index in [1.165, 1.54) is 18.2 Å². The number of amides is 1. The van der Waals surface area contributed by atoms with E-state index in [0.29, 0.717) is 19.6 Å². The number of para-hydroxylation sites is 1. The number of carboxylic acids is 1. The van der Waals surface area contributed by atoms with Gasteiger partial charge in [-0.15, -0.1) is 0 Å². The van der Waals surface area contributed by atoms with Crippen LogP contribution in [0.5, 0.6) is 5.75 Å². The van der Waals surface area contributed by atoms with Crippen LogP contribution in [0, 0.1) is 11.7 Å². The van der Waals surface area contributed by atoms with Crippen LogP contribution in [-0.2, 0) is 14.3 Å². The SMILES string of the molecule is CCC(Oc1ccccc1F)C(=O)NC(C(=O)O)C1CCCOC1. The monoisotopic (exact) mass is 339 g/mol. The molecule has 0 saturated carbocycles. The predicted octanol–water partition coefficient (Wildman–Crippen LogP) is 1.98. The van der Waals surface area contributed by atoms with Gasteiger partial charge in [-0.3, -0.25) is 4.79 Å². The number of halogens is 1. The molecule has 2 N–H and O–H groups in total. The highest BCUT2D eigenvalue weighted by Gasteiger charge is 2.33. The van der Waals surface area contributed by atoms with Gasteiger partial charge in [-0.25, -0.2) is 9.18 Å². The maximum atomic E-state index is 13.7. The van der Waals surface area contributed by atoms with Crippen molar-refractivity contribution in [3.63, 3.8) is 0 Å². The van der Waals surface area contributed by atoms with Crippen molar-refractivity contribution in [1.82, 2.24) is 5.32 Å². The third-order valence-electron chi connectivity index (χ3n) is 4.00. The first-order valence-corrected chi connectivity index (χ1v) is 8.05. The van der Waals surface area contributed by atoms with Crippen LogP contribution in [-0.4, -0.2) is 42.3 Å². The molecule has 0 aliphatic carbocycles. The molecule has 6 nitrogen and oxygen atoms in total. The summed E-state index contributed by atoms with van der Waals surface area (Å²) in [4.78, 5) is 23.9. The molecule has 3 atom stereocenters. The zero-order valence-corrected chi connectivity index (χ0v) is 13.5. The van der Waals surface area contributed by atoms with Crippen molar-refractivity contribution >= 4 is 11.9 Å². The fourth-order valence-corrected chi connectivity index (χ4v) is 2.67. The lowest BCUT2D eigenvalue weighted by molar-refractivity contribution is -0.146. The number of carbonyl (C=O) groups excluding carboxylic acids is 1. The Morgan fingerprint density at radius 2 is 2.21 bits per heavy atom. The Morgan fingerprint density at radius 1 is 1.46 bits per heavy atom. The fraction of sp³-hybridized carbons (Fsp3) is 0.529. The molecule has 1 aromatic carbocycles. The number of hydrogen-bond acceptors (Lipinski definition) is 4. The smallest absolute Gasteiger partial charge is 0.326 e. The van der Waals surface area contributed by atoms with Crippen LogP contribution in [0.2, 0.25) is 0 Å². The Kier molecular flexibility index (Phi) is 6.54. The van der Waals surface area contributed by atoms with Gasteiger partial charge in [-0.1, -0.05) is 19.1 Å². The summed E-state index contributed by atoms with van der Waals surface area (Å²) in [6, 6.07) is 4.74. The van der Waals surface area contributed by atoms with Crippen LogP contribution in [0.3, 0.4) is 0 Å². The van der Waals surface area contributed by atoms with E-state index >= 15 is 0 Å². The van der Waals surface area contributed by atoms with E-state index in [-0.39, 0.29) is 18.1 Å². The van der Waals surface area contributed by atoms with Gasteiger partial charge >= 0.3 is 5.97 Å². The molecular formula is C17H22FNO5. The summed E-state index contributed by atoms with van der Waals surface area (Å²) in [5, 5.41) is 11.9. The minimum absolute atomic E-state index is 0.0348. The van der Waals surface area contributed by atoms with Crippen molar-refractivity contribution < 1.29 is 28.6 Å². The van der Waals surface area contributed by atoms with Crippen molar-refractivity contribution in [1.29, 1.82) is 0 Å². The van der Waals surface area contributed by atoms with E-state index < -0.39 is 29.8 Å². The Hall–Kier alpha value is -2.15. The molecule has 1 fully saturated rings. The van der Waals surface area contributed by atoms with Gasteiger partial charge in [0.1, 0.15) is 6.04 Å². The predicted molar refractivity (Wildman–Crippen MR) is 84.2 cm³/mol. The molecule has 1 saturated heterocycles. The van der Waals surface area contributed by atoms with Crippen molar-refractivity contribution in [3.8, 4) is 5.75 Å². The molecule has 1 aliphatic rings. The number of carboxylic acid groups (broad SMARTS) is 1. The van der Waals surface area contributed by atoms with Gasteiger partial charge in [-0.2, -0.15) is 0 Å². The summed E-state index contributed by atoms with van der Waals surface area (Å²) in [7, 11) is 0. The number of benzene rings is 1. The second-order valence-electron chi connectivity index (χ2n) is 5.75. The summed E-state index contributed by atoms with van der Waals surface area (Å²) >= 11 is 0. The highest BCUT2D eigenvalue weighted by molar-refractivity contribution is 5.86. The molecule has 1 amide bonds. The van der Waals surface area contributed by atoms with E-state index in [4.69, 9.17) is 9.47 Å². The molecule has 0 radical (unpaired) electrons. The number of nitrogens with one attached hydrogen (secondary N) is 1. The largest absolute Gasteiger partial charge is 0.480 e. The molecule has 1 aliphatic heterocycles. The number of rotatable bonds is 7. The lowest BCUT2D eigenvalue weighted by Crippen LogP contribution is -2.52. The first-order chi connectivity index (χ1) is 11.5. The average molecular weight is 339 g/mol. The molecular weight excluding hydrogens is 317 g/mol. The van der Waals surface area contributed by atoms with Crippen LogP contribution >= 0.6 is 0 Å². The van der Waals surface area contributed by atoms with Crippen LogP contribution in [0.15, 0.2) is 24.3 Å². The van der Waals surface area contributed by atoms with E-state index in [1.807, 2.05) is 0 Å². The second kappa shape index (κ2) is 8.63. The van der Waals surface area contributed by atoms with E-state index in [0.717, 1.165) is 6.42 Å². The molecule has 2 rings (SSSR count). The summed E-state index contributed by atoms with van der Waals surface area (Å²) in [5.41, 5.74) is 0. The topological polar surface area (TPSA) is 84.9 Å². The lowest BCUT2D eigenvalue weighted by Gasteiger charge is -2.29. The van der Waals surface area contributed by atoms with Crippen molar-refractivity contribution in [3.05, 3.63) is 30.1 Å². The molecule has 1 aromatic rings. The summed E-state index contributed by atoms with van der Waals surface area (Å²) < 4.78 is 24.4. The normalized spacial score (nSPS) is 20.0. The van der Waals surface area contributed by atoms with Crippen LogP contribution < -0.4 is 10.1 Å². The van der Waals surface area contributed by atoms with Gasteiger partial charge in [0.25, 0.3) is 5.91 Å². The van der Waals surface area contributed by atoms with Gasteiger partial charge < -0.3 is 19.9 Å². The Morgan fingerprint density at radius 3 is 2.79 bits per heavy atom. The molecule has 3 unspecified atom stereocenters. The van der Waals surface area contributed by atoms with Crippen molar-refractivity contribution in [2.45, 2.75) is 38.3 Å². The molecule has 1 heterocycles. The molecule has 24 heavy (non-hydrogen) atoms. The number of ether oxygens (including phenoxy) is 2.